The summed E-state index contributed by atoms with van der Waals surface area (Å²) >= 11 is 0. The van der Waals surface area contributed by atoms with Gasteiger partial charge in [-0.1, -0.05) is 78.9 Å². The Morgan fingerprint density at radius 1 is 0.760 bits per heavy atom. The van der Waals surface area contributed by atoms with E-state index in [0.717, 1.165) is 5.69 Å². The van der Waals surface area contributed by atoms with Crippen molar-refractivity contribution in [3.63, 3.8) is 0 Å². The maximum absolute atomic E-state index is 5.73. The second-order valence-electron chi connectivity index (χ2n) is 5.95. The van der Waals surface area contributed by atoms with E-state index in [-0.39, 0.29) is 0 Å². The lowest BCUT2D eigenvalue weighted by molar-refractivity contribution is 1.13. The summed E-state index contributed by atoms with van der Waals surface area (Å²) in [4.78, 5) is 0. The van der Waals surface area contributed by atoms with Crippen LogP contribution < -0.4 is 5.73 Å². The summed E-state index contributed by atoms with van der Waals surface area (Å²) in [6.45, 7) is 0.527. The number of nitrogens with two attached hydrogens (primary N) is 1. The first-order valence-electron chi connectivity index (χ1n) is 8.51. The van der Waals surface area contributed by atoms with Crippen LogP contribution in [0.25, 0.3) is 33.9 Å². The fourth-order valence-electron chi connectivity index (χ4n) is 3.35. The Morgan fingerprint density at radius 2 is 1.40 bits per heavy atom. The van der Waals surface area contributed by atoms with E-state index < -0.39 is 0 Å². The Balaban J connectivity index is 2.13. The van der Waals surface area contributed by atoms with Crippen LogP contribution in [0.2, 0.25) is 0 Å². The highest BCUT2D eigenvalue weighted by molar-refractivity contribution is 5.99. The van der Waals surface area contributed by atoms with Gasteiger partial charge >= 0.3 is 0 Å². The minimum Gasteiger partial charge on any atom is -0.327 e. The Kier molecular flexibility index (Phi) is 4.19. The predicted molar refractivity (Wildman–Crippen MR) is 107 cm³/mol. The van der Waals surface area contributed by atoms with Crippen LogP contribution in [-0.4, -0.2) is 11.1 Å². The lowest BCUT2D eigenvalue weighted by Gasteiger charge is -2.12. The summed E-state index contributed by atoms with van der Waals surface area (Å²) in [5, 5.41) is 1.23. The molecule has 0 aliphatic carbocycles. The average molecular weight is 324 g/mol. The number of hydrogen-bond acceptors (Lipinski definition) is 1. The van der Waals surface area contributed by atoms with Gasteiger partial charge in [0, 0.05) is 23.2 Å². The maximum Gasteiger partial charge on any atom is 0.0613 e. The van der Waals surface area contributed by atoms with E-state index in [2.05, 4.69) is 89.5 Å². The molecule has 25 heavy (non-hydrogen) atoms. The molecule has 0 aliphatic heterocycles. The number of benzene rings is 3. The zero-order valence-corrected chi connectivity index (χ0v) is 14.0. The van der Waals surface area contributed by atoms with Crippen molar-refractivity contribution in [1.82, 2.24) is 4.57 Å². The van der Waals surface area contributed by atoms with Gasteiger partial charge in [-0.3, -0.25) is 0 Å². The highest BCUT2D eigenvalue weighted by atomic mass is 15.0. The van der Waals surface area contributed by atoms with Crippen LogP contribution in [0.1, 0.15) is 5.56 Å². The largest absolute Gasteiger partial charge is 0.327 e. The summed E-state index contributed by atoms with van der Waals surface area (Å²) in [6, 6.07) is 29.6. The molecule has 122 valence electrons. The van der Waals surface area contributed by atoms with Gasteiger partial charge in [-0.15, -0.1) is 0 Å². The minimum atomic E-state index is 0.527. The van der Waals surface area contributed by atoms with Gasteiger partial charge in [0.15, 0.2) is 0 Å². The van der Waals surface area contributed by atoms with Crippen molar-refractivity contribution in [2.24, 2.45) is 5.73 Å². The van der Waals surface area contributed by atoms with Crippen molar-refractivity contribution >= 4 is 17.0 Å². The molecule has 0 atom stereocenters. The molecule has 0 aliphatic rings. The van der Waals surface area contributed by atoms with Crippen molar-refractivity contribution in [2.45, 2.75) is 0 Å². The molecule has 3 aromatic carbocycles. The standard InChI is InChI=1S/C23H20N2/c24-17-9-15-21-20-14-7-8-16-22(20)25(19-12-5-2-6-13-19)23(21)18-10-3-1-4-11-18/h1-16H,17,24H2. The van der Waals surface area contributed by atoms with Crippen LogP contribution in [0.4, 0.5) is 0 Å². The third kappa shape index (κ3) is 2.77. The van der Waals surface area contributed by atoms with Gasteiger partial charge in [0.25, 0.3) is 0 Å². The summed E-state index contributed by atoms with van der Waals surface area (Å²) < 4.78 is 2.33. The molecule has 0 unspecified atom stereocenters. The molecule has 2 N–H and O–H groups in total. The molecule has 2 heteroatoms. The first-order chi connectivity index (χ1) is 12.4. The fourth-order valence-corrected chi connectivity index (χ4v) is 3.35. The number of hydrogen-bond donors (Lipinski definition) is 1. The van der Waals surface area contributed by atoms with Crippen LogP contribution in [0.3, 0.4) is 0 Å². The van der Waals surface area contributed by atoms with Crippen molar-refractivity contribution in [2.75, 3.05) is 6.54 Å². The fraction of sp³-hybridized carbons (Fsp3) is 0.0435. The molecule has 1 heterocycles. The van der Waals surface area contributed by atoms with E-state index in [4.69, 9.17) is 5.73 Å². The molecule has 0 saturated heterocycles. The van der Waals surface area contributed by atoms with Gasteiger partial charge in [0.2, 0.25) is 0 Å². The van der Waals surface area contributed by atoms with Crippen molar-refractivity contribution in [3.8, 4) is 16.9 Å². The van der Waals surface area contributed by atoms with Crippen LogP contribution >= 0.6 is 0 Å². The molecule has 0 amide bonds. The van der Waals surface area contributed by atoms with Crippen molar-refractivity contribution in [3.05, 3.63) is 96.6 Å². The minimum absolute atomic E-state index is 0.527. The lowest BCUT2D eigenvalue weighted by atomic mass is 10.0. The Morgan fingerprint density at radius 3 is 2.12 bits per heavy atom. The van der Waals surface area contributed by atoms with Gasteiger partial charge in [0.1, 0.15) is 0 Å². The molecule has 0 saturated carbocycles. The average Bonchev–Trinajstić information content (AvgIpc) is 3.02. The first-order valence-corrected chi connectivity index (χ1v) is 8.51. The topological polar surface area (TPSA) is 30.9 Å². The Labute approximate surface area is 147 Å². The van der Waals surface area contributed by atoms with Crippen molar-refractivity contribution in [1.29, 1.82) is 0 Å². The molecule has 1 aromatic heterocycles. The summed E-state index contributed by atoms with van der Waals surface area (Å²) in [6.07, 6.45) is 4.16. The number of aromatic nitrogens is 1. The molecule has 0 bridgehead atoms. The monoisotopic (exact) mass is 324 g/mol. The molecule has 0 radical (unpaired) electrons. The summed E-state index contributed by atoms with van der Waals surface area (Å²) in [5.41, 5.74) is 11.7. The zero-order chi connectivity index (χ0) is 17.1. The van der Waals surface area contributed by atoms with E-state index in [1.165, 1.54) is 27.7 Å². The highest BCUT2D eigenvalue weighted by Gasteiger charge is 2.17. The van der Waals surface area contributed by atoms with E-state index in [0.29, 0.717) is 6.54 Å². The molecule has 2 nitrogen and oxygen atoms in total. The molecular formula is C23H20N2. The van der Waals surface area contributed by atoms with Gasteiger partial charge in [-0.05, 0) is 23.8 Å². The highest BCUT2D eigenvalue weighted by Crippen LogP contribution is 2.37. The smallest absolute Gasteiger partial charge is 0.0613 e. The third-order valence-electron chi connectivity index (χ3n) is 4.40. The Bertz CT molecular complexity index is 1010. The van der Waals surface area contributed by atoms with Crippen LogP contribution in [0, 0.1) is 0 Å². The van der Waals surface area contributed by atoms with E-state index in [9.17, 15) is 0 Å². The van der Waals surface area contributed by atoms with Gasteiger partial charge in [0.05, 0.1) is 11.2 Å². The number of rotatable bonds is 4. The van der Waals surface area contributed by atoms with E-state index in [1.54, 1.807) is 0 Å². The SMILES string of the molecule is NCC=Cc1c(-c2ccccc2)n(-c2ccccc2)c2ccccc12. The summed E-state index contributed by atoms with van der Waals surface area (Å²) in [7, 11) is 0. The summed E-state index contributed by atoms with van der Waals surface area (Å²) in [5.74, 6) is 0. The third-order valence-corrected chi connectivity index (χ3v) is 4.40. The van der Waals surface area contributed by atoms with Crippen LogP contribution in [0.15, 0.2) is 91.0 Å². The zero-order valence-electron chi connectivity index (χ0n) is 14.0. The van der Waals surface area contributed by atoms with Crippen molar-refractivity contribution < 1.29 is 0 Å². The van der Waals surface area contributed by atoms with E-state index >= 15 is 0 Å². The number of nitrogens with zero attached hydrogens (tertiary/aromatic N) is 1. The number of fused-ring (bicyclic) bond motifs is 1. The van der Waals surface area contributed by atoms with Gasteiger partial charge in [-0.2, -0.15) is 0 Å². The molecule has 0 spiro atoms. The molecule has 0 fully saturated rings. The second-order valence-corrected chi connectivity index (χ2v) is 5.95. The molecular weight excluding hydrogens is 304 g/mol. The number of para-hydroxylation sites is 2. The van der Waals surface area contributed by atoms with Crippen LogP contribution in [-0.2, 0) is 0 Å². The van der Waals surface area contributed by atoms with E-state index in [1.807, 2.05) is 12.1 Å². The second kappa shape index (κ2) is 6.80. The molecule has 4 aromatic rings. The van der Waals surface area contributed by atoms with Gasteiger partial charge < -0.3 is 10.3 Å². The lowest BCUT2D eigenvalue weighted by Crippen LogP contribution is -1.97. The van der Waals surface area contributed by atoms with Gasteiger partial charge in [-0.25, -0.2) is 0 Å². The molecule has 4 rings (SSSR count). The first kappa shape index (κ1) is 15.4. The maximum atomic E-state index is 5.73. The Hall–Kier alpha value is -3.10. The normalized spacial score (nSPS) is 11.4. The predicted octanol–water partition coefficient (Wildman–Crippen LogP) is 5.27. The quantitative estimate of drug-likeness (QED) is 0.545. The van der Waals surface area contributed by atoms with Crippen LogP contribution in [0.5, 0.6) is 0 Å².